The summed E-state index contributed by atoms with van der Waals surface area (Å²) in [5.41, 5.74) is 0.127. The van der Waals surface area contributed by atoms with Crippen LogP contribution in [-0.4, -0.2) is 25.3 Å². The molecule has 37 heavy (non-hydrogen) atoms. The van der Waals surface area contributed by atoms with Crippen LogP contribution in [0, 0.1) is 0 Å². The van der Waals surface area contributed by atoms with Crippen LogP contribution < -0.4 is 4.72 Å². The highest BCUT2D eigenvalue weighted by atomic mass is 32.2. The van der Waals surface area contributed by atoms with Gasteiger partial charge in [-0.3, -0.25) is 4.57 Å². The van der Waals surface area contributed by atoms with Gasteiger partial charge in [-0.1, -0.05) is 42.5 Å². The van der Waals surface area contributed by atoms with E-state index in [1.54, 1.807) is 29.0 Å². The second-order valence-electron chi connectivity index (χ2n) is 9.54. The zero-order chi connectivity index (χ0) is 27.0. The first-order valence-electron chi connectivity index (χ1n) is 11.7. The van der Waals surface area contributed by atoms with E-state index >= 15 is 0 Å². The molecule has 4 rings (SSSR count). The second-order valence-corrected chi connectivity index (χ2v) is 10.8. The summed E-state index contributed by atoms with van der Waals surface area (Å²) < 4.78 is 58.7. The van der Waals surface area contributed by atoms with Gasteiger partial charge in [0.15, 0.2) is 4.90 Å². The molecule has 1 unspecified atom stereocenters. The van der Waals surface area contributed by atoms with Gasteiger partial charge < -0.3 is 9.66 Å². The Labute approximate surface area is 217 Å². The number of imidazole rings is 1. The van der Waals surface area contributed by atoms with Gasteiger partial charge >= 0.3 is 6.18 Å². The van der Waals surface area contributed by atoms with E-state index < -0.39 is 28.7 Å². The largest absolute Gasteiger partial charge is 0.593 e. The number of aromatic nitrogens is 2. The quantitative estimate of drug-likeness (QED) is 0.270. The molecular weight excluding hydrogens is 499 g/mol. The number of aliphatic hydroxyl groups is 1. The maximum Gasteiger partial charge on any atom is 0.417 e. The van der Waals surface area contributed by atoms with Crippen LogP contribution in [0.15, 0.2) is 83.9 Å². The summed E-state index contributed by atoms with van der Waals surface area (Å²) in [6.45, 7) is 6.89. The summed E-state index contributed by atoms with van der Waals surface area (Å²) in [5, 5.41) is 10.6. The van der Waals surface area contributed by atoms with E-state index in [0.29, 0.717) is 10.6 Å². The summed E-state index contributed by atoms with van der Waals surface area (Å²) >= 11 is -1.38. The summed E-state index contributed by atoms with van der Waals surface area (Å²) in [5.74, 6) is 0.0678. The average Bonchev–Trinajstić information content (AvgIpc) is 3.29. The standard InChI is InChI=1S/C28H28F3N3O2S/c1-18(2)33-37(36)22-12-8-10-20(16-22)19-9-7-11-21(15-19)34-17-25(27(3,4)35)32-26(34)23-13-5-6-14-24(23)28(29,30)31/h5-18,33,35H,1-4H3. The first-order valence-corrected chi connectivity index (χ1v) is 12.9. The van der Waals surface area contributed by atoms with Crippen LogP contribution in [0.25, 0.3) is 28.2 Å². The monoisotopic (exact) mass is 527 g/mol. The third-order valence-electron chi connectivity index (χ3n) is 5.65. The minimum Gasteiger partial charge on any atom is -0.593 e. The van der Waals surface area contributed by atoms with E-state index in [9.17, 15) is 22.8 Å². The van der Waals surface area contributed by atoms with Gasteiger partial charge in [-0.2, -0.15) is 13.2 Å². The number of hydrogen-bond donors (Lipinski definition) is 2. The van der Waals surface area contributed by atoms with Gasteiger partial charge in [0.05, 0.1) is 22.6 Å². The Bertz CT molecular complexity index is 1390. The van der Waals surface area contributed by atoms with E-state index in [1.165, 1.54) is 32.0 Å². The van der Waals surface area contributed by atoms with E-state index in [2.05, 4.69) is 9.71 Å². The van der Waals surface area contributed by atoms with E-state index in [1.807, 2.05) is 44.2 Å². The first kappa shape index (κ1) is 26.9. The van der Waals surface area contributed by atoms with Gasteiger partial charge in [0.1, 0.15) is 11.4 Å². The molecule has 0 spiro atoms. The third kappa shape index (κ3) is 6.07. The Balaban J connectivity index is 1.84. The van der Waals surface area contributed by atoms with Gasteiger partial charge in [-0.05, 0) is 63.1 Å². The van der Waals surface area contributed by atoms with Crippen LogP contribution in [-0.2, 0) is 23.1 Å². The molecule has 0 aliphatic rings. The van der Waals surface area contributed by atoms with Crippen LogP contribution in [0.5, 0.6) is 0 Å². The van der Waals surface area contributed by atoms with Crippen molar-refractivity contribution in [3.05, 3.63) is 90.3 Å². The number of nitrogens with one attached hydrogen (secondary N) is 1. The summed E-state index contributed by atoms with van der Waals surface area (Å²) in [6.07, 6.45) is -3.02. The minimum atomic E-state index is -4.58. The normalized spacial score (nSPS) is 13.2. The second kappa shape index (κ2) is 10.3. The van der Waals surface area contributed by atoms with Crippen molar-refractivity contribution in [2.45, 2.75) is 50.4 Å². The van der Waals surface area contributed by atoms with E-state index in [-0.39, 0.29) is 23.1 Å². The lowest BCUT2D eigenvalue weighted by molar-refractivity contribution is -0.137. The minimum absolute atomic E-state index is 0.0389. The number of halogens is 3. The molecule has 3 aromatic carbocycles. The maximum absolute atomic E-state index is 13.9. The van der Waals surface area contributed by atoms with Crippen LogP contribution >= 0.6 is 0 Å². The van der Waals surface area contributed by atoms with Crippen LogP contribution in [0.2, 0.25) is 0 Å². The number of nitrogens with zero attached hydrogens (tertiary/aromatic N) is 2. The third-order valence-corrected chi connectivity index (χ3v) is 7.02. The average molecular weight is 528 g/mol. The smallest absolute Gasteiger partial charge is 0.417 e. The van der Waals surface area contributed by atoms with E-state index in [4.69, 9.17) is 0 Å². The summed E-state index contributed by atoms with van der Waals surface area (Å²) in [6, 6.07) is 19.8. The highest BCUT2D eigenvalue weighted by Gasteiger charge is 2.35. The lowest BCUT2D eigenvalue weighted by Crippen LogP contribution is -2.30. The van der Waals surface area contributed by atoms with Crippen LogP contribution in [0.4, 0.5) is 13.2 Å². The van der Waals surface area contributed by atoms with Crippen molar-refractivity contribution >= 4 is 11.4 Å². The predicted molar refractivity (Wildman–Crippen MR) is 139 cm³/mol. The number of rotatable bonds is 7. The van der Waals surface area contributed by atoms with Gasteiger partial charge in [-0.25, -0.2) is 4.98 Å². The molecule has 2 N–H and O–H groups in total. The fourth-order valence-corrected chi connectivity index (χ4v) is 4.90. The molecule has 0 bridgehead atoms. The molecule has 4 aromatic rings. The Morgan fingerprint density at radius 3 is 2.24 bits per heavy atom. The van der Waals surface area contributed by atoms with Crippen molar-refractivity contribution < 1.29 is 22.8 Å². The predicted octanol–water partition coefficient (Wildman–Crippen LogP) is 6.47. The summed E-state index contributed by atoms with van der Waals surface area (Å²) in [7, 11) is 0. The lowest BCUT2D eigenvalue weighted by Gasteiger charge is -2.15. The molecule has 194 valence electrons. The van der Waals surface area contributed by atoms with Crippen molar-refractivity contribution in [1.82, 2.24) is 14.3 Å². The molecule has 0 saturated carbocycles. The molecule has 1 heterocycles. The molecule has 9 heteroatoms. The van der Waals surface area contributed by atoms with Gasteiger partial charge in [0.2, 0.25) is 0 Å². The van der Waals surface area contributed by atoms with Crippen molar-refractivity contribution in [1.29, 1.82) is 0 Å². The SMILES string of the molecule is CC(C)N[S+]([O-])c1cccc(-c2cccc(-n3cc(C(C)(C)O)nc3-c3ccccc3C(F)(F)F)c2)c1. The van der Waals surface area contributed by atoms with Gasteiger partial charge in [-0.15, -0.1) is 4.72 Å². The van der Waals surface area contributed by atoms with Gasteiger partial charge in [0, 0.05) is 29.6 Å². The topological polar surface area (TPSA) is 73.1 Å². The zero-order valence-electron chi connectivity index (χ0n) is 20.9. The van der Waals surface area contributed by atoms with Crippen molar-refractivity contribution in [2.75, 3.05) is 0 Å². The Kier molecular flexibility index (Phi) is 7.52. The van der Waals surface area contributed by atoms with Crippen molar-refractivity contribution in [3.8, 4) is 28.2 Å². The highest BCUT2D eigenvalue weighted by molar-refractivity contribution is 7.89. The number of benzene rings is 3. The molecule has 5 nitrogen and oxygen atoms in total. The highest BCUT2D eigenvalue weighted by Crippen LogP contribution is 2.38. The Hall–Kier alpha value is -3.11. The molecule has 0 aliphatic carbocycles. The van der Waals surface area contributed by atoms with Crippen molar-refractivity contribution in [3.63, 3.8) is 0 Å². The molecule has 0 saturated heterocycles. The summed E-state index contributed by atoms with van der Waals surface area (Å²) in [4.78, 5) is 5.05. The molecular formula is C28H28F3N3O2S. The number of hydrogen-bond acceptors (Lipinski definition) is 4. The zero-order valence-corrected chi connectivity index (χ0v) is 21.7. The molecule has 0 amide bonds. The van der Waals surface area contributed by atoms with Crippen molar-refractivity contribution in [2.24, 2.45) is 0 Å². The fraction of sp³-hybridized carbons (Fsp3) is 0.250. The maximum atomic E-state index is 13.9. The van der Waals surface area contributed by atoms with E-state index in [0.717, 1.165) is 17.2 Å². The number of alkyl halides is 3. The van der Waals surface area contributed by atoms with Gasteiger partial charge in [0.25, 0.3) is 0 Å². The lowest BCUT2D eigenvalue weighted by atomic mass is 10.0. The Morgan fingerprint density at radius 1 is 0.946 bits per heavy atom. The molecule has 0 fully saturated rings. The molecule has 0 aliphatic heterocycles. The Morgan fingerprint density at radius 2 is 1.59 bits per heavy atom. The fourth-order valence-electron chi connectivity index (χ4n) is 3.90. The molecule has 1 atom stereocenters. The molecule has 0 radical (unpaired) electrons. The van der Waals surface area contributed by atoms with Crippen LogP contribution in [0.1, 0.15) is 39.0 Å². The first-order chi connectivity index (χ1) is 17.3. The van der Waals surface area contributed by atoms with Crippen LogP contribution in [0.3, 0.4) is 0 Å². The molecule has 1 aromatic heterocycles.